The normalized spacial score (nSPS) is 21.3. The first-order valence-electron chi connectivity index (χ1n) is 9.28. The van der Waals surface area contributed by atoms with E-state index >= 15 is 0 Å². The van der Waals surface area contributed by atoms with E-state index in [9.17, 15) is 4.79 Å². The average molecular weight is 391 g/mol. The van der Waals surface area contributed by atoms with Gasteiger partial charge in [-0.3, -0.25) is 4.79 Å². The Morgan fingerprint density at radius 3 is 2.30 bits per heavy atom. The average Bonchev–Trinajstić information content (AvgIpc) is 3.23. The number of carbonyl (C=O) groups is 1. The summed E-state index contributed by atoms with van der Waals surface area (Å²) in [5, 5.41) is 8.03. The van der Waals surface area contributed by atoms with Crippen molar-refractivity contribution < 1.29 is 4.79 Å². The largest absolute Gasteiger partial charge is 0.342 e. The molecular formula is C19H27ClN6O. The van der Waals surface area contributed by atoms with Crippen molar-refractivity contribution in [2.24, 2.45) is 11.8 Å². The summed E-state index contributed by atoms with van der Waals surface area (Å²) in [4.78, 5) is 23.9. The van der Waals surface area contributed by atoms with Crippen LogP contribution >= 0.6 is 12.4 Å². The van der Waals surface area contributed by atoms with Gasteiger partial charge in [0.15, 0.2) is 0 Å². The molecule has 4 rings (SSSR count). The molecule has 0 radical (unpaired) electrons. The molecule has 0 spiro atoms. The molecule has 7 nitrogen and oxygen atoms in total. The Labute approximate surface area is 166 Å². The Hall–Kier alpha value is -1.99. The molecule has 2 aliphatic heterocycles. The zero-order valence-electron chi connectivity index (χ0n) is 16.3. The van der Waals surface area contributed by atoms with Crippen LogP contribution in [0.1, 0.15) is 28.3 Å². The minimum absolute atomic E-state index is 0. The van der Waals surface area contributed by atoms with Gasteiger partial charge in [-0.1, -0.05) is 0 Å². The van der Waals surface area contributed by atoms with E-state index < -0.39 is 0 Å². The van der Waals surface area contributed by atoms with Crippen LogP contribution in [-0.2, 0) is 11.2 Å². The molecule has 2 aliphatic rings. The van der Waals surface area contributed by atoms with Gasteiger partial charge in [-0.15, -0.1) is 12.4 Å². The number of hydrogen-bond acceptors (Lipinski definition) is 5. The molecule has 4 heterocycles. The number of aryl methyl sites for hydroxylation is 3. The highest BCUT2D eigenvalue weighted by Crippen LogP contribution is 2.27. The molecule has 2 fully saturated rings. The molecule has 0 aromatic carbocycles. The van der Waals surface area contributed by atoms with E-state index in [2.05, 4.69) is 20.4 Å². The van der Waals surface area contributed by atoms with Crippen LogP contribution in [0.2, 0.25) is 0 Å². The van der Waals surface area contributed by atoms with Crippen molar-refractivity contribution in [1.29, 1.82) is 0 Å². The van der Waals surface area contributed by atoms with E-state index in [-0.39, 0.29) is 18.3 Å². The molecular weight excluding hydrogens is 364 g/mol. The highest BCUT2D eigenvalue weighted by molar-refractivity contribution is 5.85. The molecule has 27 heavy (non-hydrogen) atoms. The predicted octanol–water partition coefficient (Wildman–Crippen LogP) is 1.54. The van der Waals surface area contributed by atoms with Gasteiger partial charge in [0.1, 0.15) is 0 Å². The standard InChI is InChI=1S/C19H26N6O.ClH/c1-11-5-12(2)22-19(21-11)25-14(4)17(13(3)23-25)6-18(26)24-9-15-7-20-8-16(15)10-24;/h5,15-16,20H,6-10H2,1-4H3;1H/t15-,16+;. The molecule has 2 saturated heterocycles. The smallest absolute Gasteiger partial charge is 0.251 e. The van der Waals surface area contributed by atoms with Crippen LogP contribution in [0.5, 0.6) is 0 Å². The van der Waals surface area contributed by atoms with Gasteiger partial charge in [0.25, 0.3) is 5.95 Å². The molecule has 0 aliphatic carbocycles. The Morgan fingerprint density at radius 2 is 1.70 bits per heavy atom. The summed E-state index contributed by atoms with van der Waals surface area (Å²) in [6.45, 7) is 11.7. The van der Waals surface area contributed by atoms with Crippen molar-refractivity contribution in [3.63, 3.8) is 0 Å². The van der Waals surface area contributed by atoms with Gasteiger partial charge in [0.2, 0.25) is 5.91 Å². The first kappa shape index (κ1) is 19.8. The van der Waals surface area contributed by atoms with Crippen molar-refractivity contribution in [2.45, 2.75) is 34.1 Å². The van der Waals surface area contributed by atoms with Gasteiger partial charge >= 0.3 is 0 Å². The predicted molar refractivity (Wildman–Crippen MR) is 105 cm³/mol. The first-order valence-corrected chi connectivity index (χ1v) is 9.28. The number of carbonyl (C=O) groups excluding carboxylic acids is 1. The Bertz CT molecular complexity index is 832. The van der Waals surface area contributed by atoms with E-state index in [0.29, 0.717) is 24.2 Å². The number of fused-ring (bicyclic) bond motifs is 1. The van der Waals surface area contributed by atoms with Gasteiger partial charge in [-0.05, 0) is 45.6 Å². The van der Waals surface area contributed by atoms with Crippen molar-refractivity contribution >= 4 is 18.3 Å². The van der Waals surface area contributed by atoms with Gasteiger partial charge in [-0.2, -0.15) is 5.10 Å². The number of nitrogens with zero attached hydrogens (tertiary/aromatic N) is 5. The lowest BCUT2D eigenvalue weighted by molar-refractivity contribution is -0.129. The van der Waals surface area contributed by atoms with Crippen molar-refractivity contribution in [3.05, 3.63) is 34.4 Å². The monoisotopic (exact) mass is 390 g/mol. The molecule has 0 unspecified atom stereocenters. The molecule has 2 atom stereocenters. The van der Waals surface area contributed by atoms with Crippen LogP contribution < -0.4 is 5.32 Å². The highest BCUT2D eigenvalue weighted by atomic mass is 35.5. The summed E-state index contributed by atoms with van der Waals surface area (Å²) in [5.74, 6) is 2.01. The lowest BCUT2D eigenvalue weighted by atomic mass is 10.0. The van der Waals surface area contributed by atoms with Crippen LogP contribution in [0.15, 0.2) is 6.07 Å². The van der Waals surface area contributed by atoms with Gasteiger partial charge < -0.3 is 10.2 Å². The van der Waals surface area contributed by atoms with E-state index in [1.807, 2.05) is 38.7 Å². The summed E-state index contributed by atoms with van der Waals surface area (Å²) >= 11 is 0. The van der Waals surface area contributed by atoms with Gasteiger partial charge in [0.05, 0.1) is 12.1 Å². The second-order valence-electron chi connectivity index (χ2n) is 7.67. The van der Waals surface area contributed by atoms with Crippen molar-refractivity contribution in [2.75, 3.05) is 26.2 Å². The SMILES string of the molecule is Cc1cc(C)nc(-n2nc(C)c(CC(=O)N3C[C@H]4CNC[C@H]4C3)c2C)n1.Cl. The lowest BCUT2D eigenvalue weighted by Crippen LogP contribution is -2.33. The third-order valence-corrected chi connectivity index (χ3v) is 5.67. The summed E-state index contributed by atoms with van der Waals surface area (Å²) in [6.07, 6.45) is 0.398. The van der Waals surface area contributed by atoms with Crippen LogP contribution in [0, 0.1) is 39.5 Å². The van der Waals surface area contributed by atoms with Gasteiger partial charge in [0, 0.05) is 48.8 Å². The Balaban J connectivity index is 0.00000210. The summed E-state index contributed by atoms with van der Waals surface area (Å²) < 4.78 is 1.76. The molecule has 2 aromatic rings. The van der Waals surface area contributed by atoms with Crippen LogP contribution in [-0.4, -0.2) is 56.7 Å². The molecule has 1 amide bonds. The van der Waals surface area contributed by atoms with E-state index in [4.69, 9.17) is 0 Å². The van der Waals surface area contributed by atoms with Crippen molar-refractivity contribution in [3.8, 4) is 5.95 Å². The molecule has 2 aromatic heterocycles. The second-order valence-corrected chi connectivity index (χ2v) is 7.67. The number of hydrogen-bond donors (Lipinski definition) is 1. The van der Waals surface area contributed by atoms with Crippen molar-refractivity contribution in [1.82, 2.24) is 30.0 Å². The minimum Gasteiger partial charge on any atom is -0.342 e. The lowest BCUT2D eigenvalue weighted by Gasteiger charge is -2.17. The molecule has 0 saturated carbocycles. The highest BCUT2D eigenvalue weighted by Gasteiger charge is 2.38. The maximum atomic E-state index is 12.8. The third-order valence-electron chi connectivity index (χ3n) is 5.67. The fourth-order valence-electron chi connectivity index (χ4n) is 4.25. The van der Waals surface area contributed by atoms with Crippen LogP contribution in [0.3, 0.4) is 0 Å². The topological polar surface area (TPSA) is 75.9 Å². The minimum atomic E-state index is 0. The second kappa shape index (κ2) is 7.56. The quantitative estimate of drug-likeness (QED) is 0.860. The Kier molecular flexibility index (Phi) is 5.53. The fraction of sp³-hybridized carbons (Fsp3) is 0.579. The fourth-order valence-corrected chi connectivity index (χ4v) is 4.25. The number of aromatic nitrogens is 4. The zero-order chi connectivity index (χ0) is 18.4. The number of rotatable bonds is 3. The van der Waals surface area contributed by atoms with Crippen LogP contribution in [0.25, 0.3) is 5.95 Å². The van der Waals surface area contributed by atoms with Gasteiger partial charge in [-0.25, -0.2) is 14.6 Å². The first-order chi connectivity index (χ1) is 12.4. The maximum Gasteiger partial charge on any atom is 0.251 e. The number of amides is 1. The molecule has 8 heteroatoms. The molecule has 146 valence electrons. The number of likely N-dealkylation sites (tertiary alicyclic amines) is 1. The summed E-state index contributed by atoms with van der Waals surface area (Å²) in [7, 11) is 0. The number of nitrogens with one attached hydrogen (secondary N) is 1. The van der Waals surface area contributed by atoms with Crippen LogP contribution in [0.4, 0.5) is 0 Å². The zero-order valence-corrected chi connectivity index (χ0v) is 17.1. The summed E-state index contributed by atoms with van der Waals surface area (Å²) in [5.41, 5.74) is 4.64. The molecule has 0 bridgehead atoms. The third kappa shape index (κ3) is 3.71. The maximum absolute atomic E-state index is 12.8. The summed E-state index contributed by atoms with van der Waals surface area (Å²) in [6, 6.07) is 1.94. The number of halogens is 1. The van der Waals surface area contributed by atoms with E-state index in [1.165, 1.54) is 0 Å². The molecule has 1 N–H and O–H groups in total. The van der Waals surface area contributed by atoms with E-state index in [1.54, 1.807) is 4.68 Å². The van der Waals surface area contributed by atoms with E-state index in [0.717, 1.165) is 54.5 Å². The Morgan fingerprint density at radius 1 is 1.11 bits per heavy atom.